The number of rotatable bonds is 7. The first-order valence-electron chi connectivity index (χ1n) is 7.16. The van der Waals surface area contributed by atoms with E-state index >= 15 is 0 Å². The predicted molar refractivity (Wildman–Crippen MR) is 76.5 cm³/mol. The summed E-state index contributed by atoms with van der Waals surface area (Å²) in [6.07, 6.45) is 3.17. The number of carbonyl (C=O) groups excluding carboxylic acids is 1. The van der Waals surface area contributed by atoms with Gasteiger partial charge in [0, 0.05) is 19.1 Å². The van der Waals surface area contributed by atoms with Crippen LogP contribution in [-0.2, 0) is 14.6 Å². The topological polar surface area (TPSA) is 80.5 Å². The average Bonchev–Trinajstić information content (AvgIpc) is 2.72. The van der Waals surface area contributed by atoms with E-state index in [0.29, 0.717) is 25.9 Å². The second-order valence-corrected chi connectivity index (χ2v) is 7.51. The number of nitrogens with two attached hydrogens (primary N) is 1. The Balaban J connectivity index is 2.79. The minimum absolute atomic E-state index is 0.0283. The molecular formula is C13H26N2O3S. The van der Waals surface area contributed by atoms with E-state index in [0.717, 1.165) is 12.8 Å². The Labute approximate surface area is 116 Å². The van der Waals surface area contributed by atoms with Gasteiger partial charge < -0.3 is 10.6 Å². The number of hydrogen-bond acceptors (Lipinski definition) is 4. The third-order valence-electron chi connectivity index (χ3n) is 3.81. The Kier molecular flexibility index (Phi) is 6.26. The Morgan fingerprint density at radius 3 is 2.53 bits per heavy atom. The van der Waals surface area contributed by atoms with Crippen LogP contribution in [0.25, 0.3) is 0 Å². The summed E-state index contributed by atoms with van der Waals surface area (Å²) in [5.41, 5.74) is 5.64. The van der Waals surface area contributed by atoms with E-state index in [1.165, 1.54) is 0 Å². The Morgan fingerprint density at radius 2 is 2.11 bits per heavy atom. The van der Waals surface area contributed by atoms with Gasteiger partial charge in [0.25, 0.3) is 0 Å². The molecule has 0 aromatic heterocycles. The van der Waals surface area contributed by atoms with Gasteiger partial charge in [0.1, 0.15) is 0 Å². The number of nitrogens with zero attached hydrogens (tertiary/aromatic N) is 1. The van der Waals surface area contributed by atoms with E-state index in [-0.39, 0.29) is 29.4 Å². The fourth-order valence-corrected chi connectivity index (χ4v) is 4.23. The molecule has 0 radical (unpaired) electrons. The van der Waals surface area contributed by atoms with Crippen molar-refractivity contribution < 1.29 is 13.2 Å². The lowest BCUT2D eigenvalue weighted by atomic mass is 10.0. The van der Waals surface area contributed by atoms with Gasteiger partial charge in [-0.3, -0.25) is 4.79 Å². The van der Waals surface area contributed by atoms with Crippen molar-refractivity contribution >= 4 is 15.7 Å². The van der Waals surface area contributed by atoms with Crippen molar-refractivity contribution in [2.24, 2.45) is 11.7 Å². The highest BCUT2D eigenvalue weighted by Gasteiger charge is 2.35. The molecule has 0 bridgehead atoms. The summed E-state index contributed by atoms with van der Waals surface area (Å²) in [5, 5.41) is 0. The molecule has 0 aromatic rings. The number of hydrogen-bond donors (Lipinski definition) is 1. The van der Waals surface area contributed by atoms with Crippen LogP contribution < -0.4 is 5.73 Å². The highest BCUT2D eigenvalue weighted by Crippen LogP contribution is 2.21. The van der Waals surface area contributed by atoms with Crippen LogP contribution in [-0.4, -0.2) is 49.9 Å². The van der Waals surface area contributed by atoms with E-state index in [2.05, 4.69) is 6.92 Å². The normalized spacial score (nSPS) is 23.2. The van der Waals surface area contributed by atoms with Crippen LogP contribution in [0, 0.1) is 5.92 Å². The molecular weight excluding hydrogens is 264 g/mol. The predicted octanol–water partition coefficient (Wildman–Crippen LogP) is 0.787. The summed E-state index contributed by atoms with van der Waals surface area (Å²) < 4.78 is 23.2. The zero-order valence-electron chi connectivity index (χ0n) is 12.0. The van der Waals surface area contributed by atoms with Crippen molar-refractivity contribution in [1.29, 1.82) is 0 Å². The molecule has 0 aliphatic carbocycles. The van der Waals surface area contributed by atoms with Crippen molar-refractivity contribution in [1.82, 2.24) is 4.90 Å². The maximum absolute atomic E-state index is 12.5. The van der Waals surface area contributed by atoms with Gasteiger partial charge in [-0.15, -0.1) is 0 Å². The first-order valence-corrected chi connectivity index (χ1v) is 8.98. The maximum atomic E-state index is 12.5. The molecule has 6 heteroatoms. The monoisotopic (exact) mass is 290 g/mol. The highest BCUT2D eigenvalue weighted by atomic mass is 32.2. The number of carbonyl (C=O) groups is 1. The van der Waals surface area contributed by atoms with Gasteiger partial charge in [-0.1, -0.05) is 20.3 Å². The molecule has 0 saturated carbocycles. The van der Waals surface area contributed by atoms with Crippen LogP contribution in [0.2, 0.25) is 0 Å². The summed E-state index contributed by atoms with van der Waals surface area (Å²) in [4.78, 5) is 14.2. The fourth-order valence-electron chi connectivity index (χ4n) is 2.50. The van der Waals surface area contributed by atoms with Gasteiger partial charge in [-0.2, -0.15) is 0 Å². The van der Waals surface area contributed by atoms with Crippen LogP contribution in [0.1, 0.15) is 39.5 Å². The molecule has 2 atom stereocenters. The maximum Gasteiger partial charge on any atom is 0.227 e. The second kappa shape index (κ2) is 7.24. The van der Waals surface area contributed by atoms with Gasteiger partial charge in [0.05, 0.1) is 17.4 Å². The molecule has 1 aliphatic rings. The molecule has 5 nitrogen and oxygen atoms in total. The van der Waals surface area contributed by atoms with Crippen molar-refractivity contribution in [3.05, 3.63) is 0 Å². The van der Waals surface area contributed by atoms with E-state index in [1.54, 1.807) is 4.90 Å². The second-order valence-electron chi connectivity index (χ2n) is 5.28. The summed E-state index contributed by atoms with van der Waals surface area (Å²) in [7, 11) is -2.96. The SMILES string of the molecule is CCCCN(C(=O)C(CC)CN)C1CCS(=O)(=O)C1. The average molecular weight is 290 g/mol. The van der Waals surface area contributed by atoms with Crippen molar-refractivity contribution in [2.75, 3.05) is 24.6 Å². The molecule has 1 rings (SSSR count). The van der Waals surface area contributed by atoms with Crippen molar-refractivity contribution in [3.8, 4) is 0 Å². The van der Waals surface area contributed by atoms with Crippen molar-refractivity contribution in [3.63, 3.8) is 0 Å². The van der Waals surface area contributed by atoms with E-state index < -0.39 is 9.84 Å². The molecule has 1 amide bonds. The third kappa shape index (κ3) is 4.45. The van der Waals surface area contributed by atoms with Gasteiger partial charge in [0.15, 0.2) is 9.84 Å². The highest BCUT2D eigenvalue weighted by molar-refractivity contribution is 7.91. The van der Waals surface area contributed by atoms with Crippen LogP contribution in [0.15, 0.2) is 0 Å². The molecule has 0 aromatic carbocycles. The lowest BCUT2D eigenvalue weighted by molar-refractivity contribution is -0.137. The molecule has 19 heavy (non-hydrogen) atoms. The number of unbranched alkanes of at least 4 members (excludes halogenated alkanes) is 1. The fraction of sp³-hybridized carbons (Fsp3) is 0.923. The number of sulfone groups is 1. The molecule has 0 spiro atoms. The van der Waals surface area contributed by atoms with E-state index in [9.17, 15) is 13.2 Å². The van der Waals surface area contributed by atoms with Crippen molar-refractivity contribution in [2.45, 2.75) is 45.6 Å². The minimum Gasteiger partial charge on any atom is -0.338 e. The quantitative estimate of drug-likeness (QED) is 0.751. The van der Waals surface area contributed by atoms with Gasteiger partial charge >= 0.3 is 0 Å². The summed E-state index contributed by atoms with van der Waals surface area (Å²) >= 11 is 0. The smallest absolute Gasteiger partial charge is 0.227 e. The summed E-state index contributed by atoms with van der Waals surface area (Å²) in [5.74, 6) is 0.164. The summed E-state index contributed by atoms with van der Waals surface area (Å²) in [6.45, 7) is 4.98. The molecule has 1 aliphatic heterocycles. The molecule has 1 saturated heterocycles. The van der Waals surface area contributed by atoms with Gasteiger partial charge in [0.2, 0.25) is 5.91 Å². The lowest BCUT2D eigenvalue weighted by Crippen LogP contribution is -2.46. The first kappa shape index (κ1) is 16.4. The minimum atomic E-state index is -2.96. The first-order chi connectivity index (χ1) is 8.95. The van der Waals surface area contributed by atoms with Crippen LogP contribution in [0.5, 0.6) is 0 Å². The molecule has 1 fully saturated rings. The molecule has 112 valence electrons. The van der Waals surface area contributed by atoms with Gasteiger partial charge in [-0.05, 0) is 19.3 Å². The third-order valence-corrected chi connectivity index (χ3v) is 5.56. The molecule has 1 heterocycles. The van der Waals surface area contributed by atoms with E-state index in [1.807, 2.05) is 6.92 Å². The van der Waals surface area contributed by atoms with Crippen LogP contribution >= 0.6 is 0 Å². The summed E-state index contributed by atoms with van der Waals surface area (Å²) in [6, 6.07) is -0.148. The molecule has 2 unspecified atom stereocenters. The number of amides is 1. The van der Waals surface area contributed by atoms with Crippen LogP contribution in [0.3, 0.4) is 0 Å². The molecule has 2 N–H and O–H groups in total. The van der Waals surface area contributed by atoms with E-state index in [4.69, 9.17) is 5.73 Å². The lowest BCUT2D eigenvalue weighted by Gasteiger charge is -2.31. The Morgan fingerprint density at radius 1 is 1.42 bits per heavy atom. The van der Waals surface area contributed by atoms with Gasteiger partial charge in [-0.25, -0.2) is 8.42 Å². The largest absolute Gasteiger partial charge is 0.338 e. The van der Waals surface area contributed by atoms with Crippen LogP contribution in [0.4, 0.5) is 0 Å². The zero-order valence-corrected chi connectivity index (χ0v) is 12.8. The zero-order chi connectivity index (χ0) is 14.5. The Bertz CT molecular complexity index is 391. The standard InChI is InChI=1S/C13H26N2O3S/c1-3-5-7-15(13(16)11(4-2)9-14)12-6-8-19(17,18)10-12/h11-12H,3-10,14H2,1-2H3. The Hall–Kier alpha value is -0.620.